The number of carbonyl (C=O) groups excluding carboxylic acids is 2. The van der Waals surface area contributed by atoms with E-state index < -0.39 is 11.3 Å². The van der Waals surface area contributed by atoms with Crippen molar-refractivity contribution in [2.24, 2.45) is 5.92 Å². The zero-order valence-electron chi connectivity index (χ0n) is 18.7. The third-order valence-electron chi connectivity index (χ3n) is 5.35. The minimum absolute atomic E-state index is 0.0575. The van der Waals surface area contributed by atoms with Crippen molar-refractivity contribution < 1.29 is 19.1 Å². The largest absolute Gasteiger partial charge is 0.427 e. The van der Waals surface area contributed by atoms with Crippen LogP contribution < -0.4 is 9.47 Å². The van der Waals surface area contributed by atoms with E-state index in [9.17, 15) is 9.59 Å². The summed E-state index contributed by atoms with van der Waals surface area (Å²) in [5, 5.41) is -0.656. The van der Waals surface area contributed by atoms with E-state index in [1.807, 2.05) is 38.1 Å². The molecule has 1 unspecified atom stereocenters. The molecule has 0 radical (unpaired) electrons. The second-order valence-corrected chi connectivity index (χ2v) is 8.37. The number of benzene rings is 2. The van der Waals surface area contributed by atoms with E-state index in [-0.39, 0.29) is 11.9 Å². The van der Waals surface area contributed by atoms with E-state index in [4.69, 9.17) is 21.1 Å². The Morgan fingerprint density at radius 1 is 0.806 bits per heavy atom. The van der Waals surface area contributed by atoms with Gasteiger partial charge in [0, 0.05) is 6.42 Å². The van der Waals surface area contributed by atoms with E-state index in [0.717, 1.165) is 30.4 Å². The summed E-state index contributed by atoms with van der Waals surface area (Å²) < 4.78 is 10.8. The maximum atomic E-state index is 12.1. The zero-order chi connectivity index (χ0) is 22.6. The molecular weight excluding hydrogens is 412 g/mol. The molecule has 0 spiro atoms. The quantitative estimate of drug-likeness (QED) is 0.150. The van der Waals surface area contributed by atoms with Crippen molar-refractivity contribution in [3.63, 3.8) is 0 Å². The maximum absolute atomic E-state index is 12.1. The fourth-order valence-corrected chi connectivity index (χ4v) is 3.32. The van der Waals surface area contributed by atoms with Crippen LogP contribution in [0.25, 0.3) is 11.1 Å². The normalized spacial score (nSPS) is 12.8. The van der Waals surface area contributed by atoms with Crippen LogP contribution in [0.4, 0.5) is 0 Å². The van der Waals surface area contributed by atoms with Crippen LogP contribution in [0.2, 0.25) is 0 Å². The number of esters is 2. The molecule has 0 N–H and O–H groups in total. The lowest BCUT2D eigenvalue weighted by Crippen LogP contribution is -2.26. The average molecular weight is 445 g/mol. The van der Waals surface area contributed by atoms with E-state index in [0.29, 0.717) is 17.9 Å². The number of rotatable bonds is 12. The summed E-state index contributed by atoms with van der Waals surface area (Å²) in [5.41, 5.74) is 1.95. The lowest BCUT2D eigenvalue weighted by Gasteiger charge is -2.15. The molecule has 0 amide bonds. The van der Waals surface area contributed by atoms with Crippen LogP contribution in [0.5, 0.6) is 11.5 Å². The van der Waals surface area contributed by atoms with Crippen LogP contribution in [0.15, 0.2) is 48.5 Å². The van der Waals surface area contributed by atoms with Gasteiger partial charge in [0.05, 0.1) is 0 Å². The highest BCUT2D eigenvalue weighted by Crippen LogP contribution is 2.26. The Kier molecular flexibility index (Phi) is 10.6. The van der Waals surface area contributed by atoms with Gasteiger partial charge in [0.2, 0.25) is 0 Å². The molecule has 0 aliphatic carbocycles. The van der Waals surface area contributed by atoms with E-state index in [1.54, 1.807) is 24.3 Å². The van der Waals surface area contributed by atoms with Crippen LogP contribution in [-0.4, -0.2) is 17.3 Å². The molecule has 0 saturated heterocycles. The van der Waals surface area contributed by atoms with Crippen molar-refractivity contribution in [1.82, 2.24) is 0 Å². The molecule has 0 saturated carbocycles. The summed E-state index contributed by atoms with van der Waals surface area (Å²) in [7, 11) is 0. The topological polar surface area (TPSA) is 52.6 Å². The summed E-state index contributed by atoms with van der Waals surface area (Å²) in [6.07, 6.45) is 6.77. The lowest BCUT2D eigenvalue weighted by atomic mass is 10.0. The SMILES string of the molecule is CCCCCCCC(=O)Oc1ccc(-c2ccc(OC(=O)[C@@H](Cl)C(C)CC)cc2)cc1. The Hall–Kier alpha value is -2.33. The van der Waals surface area contributed by atoms with Crippen molar-refractivity contribution in [3.05, 3.63) is 48.5 Å². The van der Waals surface area contributed by atoms with Crippen LogP contribution in [0.1, 0.15) is 65.7 Å². The van der Waals surface area contributed by atoms with Gasteiger partial charge < -0.3 is 9.47 Å². The fraction of sp³-hybridized carbons (Fsp3) is 0.462. The first-order chi connectivity index (χ1) is 14.9. The van der Waals surface area contributed by atoms with Gasteiger partial charge in [-0.2, -0.15) is 0 Å². The predicted octanol–water partition coefficient (Wildman–Crippen LogP) is 7.18. The molecule has 2 rings (SSSR count). The molecule has 0 heterocycles. The smallest absolute Gasteiger partial charge is 0.329 e. The second-order valence-electron chi connectivity index (χ2n) is 7.90. The van der Waals surface area contributed by atoms with Gasteiger partial charge in [0.15, 0.2) is 0 Å². The predicted molar refractivity (Wildman–Crippen MR) is 126 cm³/mol. The fourth-order valence-electron chi connectivity index (χ4n) is 3.10. The molecule has 0 fully saturated rings. The molecule has 0 aromatic heterocycles. The van der Waals surface area contributed by atoms with Crippen molar-refractivity contribution in [3.8, 4) is 22.6 Å². The first-order valence-electron chi connectivity index (χ1n) is 11.2. The summed E-state index contributed by atoms with van der Waals surface area (Å²) in [4.78, 5) is 24.1. The summed E-state index contributed by atoms with van der Waals surface area (Å²) in [5.74, 6) is 0.450. The minimum atomic E-state index is -0.656. The number of unbranched alkanes of at least 4 members (excludes halogenated alkanes) is 4. The van der Waals surface area contributed by atoms with Gasteiger partial charge >= 0.3 is 11.9 Å². The highest BCUT2D eigenvalue weighted by molar-refractivity contribution is 6.30. The summed E-state index contributed by atoms with van der Waals surface area (Å²) in [6, 6.07) is 14.7. The van der Waals surface area contributed by atoms with E-state index in [1.165, 1.54) is 19.3 Å². The highest BCUT2D eigenvalue weighted by atomic mass is 35.5. The third-order valence-corrected chi connectivity index (χ3v) is 5.95. The van der Waals surface area contributed by atoms with Crippen molar-refractivity contribution in [2.75, 3.05) is 0 Å². The first-order valence-corrected chi connectivity index (χ1v) is 11.6. The first kappa shape index (κ1) is 24.9. The Labute approximate surface area is 190 Å². The molecule has 5 heteroatoms. The van der Waals surface area contributed by atoms with Crippen molar-refractivity contribution in [2.45, 2.75) is 71.1 Å². The molecule has 2 aromatic rings. The molecule has 31 heavy (non-hydrogen) atoms. The van der Waals surface area contributed by atoms with Gasteiger partial charge in [-0.3, -0.25) is 9.59 Å². The van der Waals surface area contributed by atoms with Crippen molar-refractivity contribution >= 4 is 23.5 Å². The molecule has 0 aliphatic rings. The number of halogens is 1. The summed E-state index contributed by atoms with van der Waals surface area (Å²) >= 11 is 6.15. The monoisotopic (exact) mass is 444 g/mol. The van der Waals surface area contributed by atoms with Gasteiger partial charge in [0.1, 0.15) is 16.9 Å². The molecule has 0 bridgehead atoms. The van der Waals surface area contributed by atoms with Gasteiger partial charge in [-0.15, -0.1) is 11.6 Å². The minimum Gasteiger partial charge on any atom is -0.427 e. The lowest BCUT2D eigenvalue weighted by molar-refractivity contribution is -0.135. The zero-order valence-corrected chi connectivity index (χ0v) is 19.5. The third kappa shape index (κ3) is 8.37. The maximum Gasteiger partial charge on any atom is 0.329 e. The average Bonchev–Trinajstić information content (AvgIpc) is 2.79. The van der Waals surface area contributed by atoms with Crippen molar-refractivity contribution in [1.29, 1.82) is 0 Å². The van der Waals surface area contributed by atoms with Crippen LogP contribution in [-0.2, 0) is 9.59 Å². The molecule has 2 aromatic carbocycles. The Balaban J connectivity index is 1.87. The van der Waals surface area contributed by atoms with Gasteiger partial charge in [-0.25, -0.2) is 0 Å². The van der Waals surface area contributed by atoms with Crippen LogP contribution in [0.3, 0.4) is 0 Å². The highest BCUT2D eigenvalue weighted by Gasteiger charge is 2.23. The Morgan fingerprint density at radius 3 is 1.84 bits per heavy atom. The Bertz CT molecular complexity index is 814. The van der Waals surface area contributed by atoms with Gasteiger partial charge in [-0.1, -0.05) is 77.1 Å². The molecule has 0 aliphatic heterocycles. The number of hydrogen-bond donors (Lipinski definition) is 0. The number of ether oxygens (including phenoxy) is 2. The van der Waals surface area contributed by atoms with Crippen LogP contribution >= 0.6 is 11.6 Å². The molecule has 168 valence electrons. The van der Waals surface area contributed by atoms with E-state index in [2.05, 4.69) is 6.92 Å². The van der Waals surface area contributed by atoms with Gasteiger partial charge in [0.25, 0.3) is 0 Å². The second kappa shape index (κ2) is 13.2. The number of carbonyl (C=O) groups is 2. The standard InChI is InChI=1S/C26H33ClO4/c1-4-6-7-8-9-10-24(28)30-22-15-11-20(12-16-22)21-13-17-23(18-14-21)31-26(29)25(27)19(3)5-2/h11-19,25H,4-10H2,1-3H3/t19?,25-/m0/s1. The molecule has 2 atom stereocenters. The van der Waals surface area contributed by atoms with E-state index >= 15 is 0 Å². The Morgan fingerprint density at radius 2 is 1.32 bits per heavy atom. The van der Waals surface area contributed by atoms with Crippen LogP contribution in [0, 0.1) is 5.92 Å². The summed E-state index contributed by atoms with van der Waals surface area (Å²) in [6.45, 7) is 6.09. The molecular formula is C26H33ClO4. The number of alkyl halides is 1. The number of hydrogen-bond acceptors (Lipinski definition) is 4. The molecule has 4 nitrogen and oxygen atoms in total. The van der Waals surface area contributed by atoms with Gasteiger partial charge in [-0.05, 0) is 47.7 Å².